The number of benzene rings is 1. The molecule has 9 nitrogen and oxygen atoms in total. The molecule has 2 aromatic rings. The molecule has 1 aliphatic carbocycles. The largest absolute Gasteiger partial charge is 0.489 e. The van der Waals surface area contributed by atoms with E-state index in [0.29, 0.717) is 36.0 Å². The van der Waals surface area contributed by atoms with E-state index < -0.39 is 5.91 Å². The number of hydrogen-bond acceptors (Lipinski definition) is 8. The van der Waals surface area contributed by atoms with Crippen LogP contribution in [-0.4, -0.2) is 65.6 Å². The molecule has 1 atom stereocenters. The molecule has 1 saturated heterocycles. The molecule has 9 heteroatoms. The summed E-state index contributed by atoms with van der Waals surface area (Å²) in [6.07, 6.45) is 3.61. The van der Waals surface area contributed by atoms with Crippen LogP contribution in [0.5, 0.6) is 5.75 Å². The van der Waals surface area contributed by atoms with Gasteiger partial charge in [-0.25, -0.2) is 4.98 Å². The minimum absolute atomic E-state index is 0.304. The number of ether oxygens (including phenoxy) is 1. The molecule has 1 aromatic carbocycles. The predicted molar refractivity (Wildman–Crippen MR) is 116 cm³/mol. The van der Waals surface area contributed by atoms with Crippen LogP contribution in [0.25, 0.3) is 0 Å². The Hall–Kier alpha value is -3.07. The lowest BCUT2D eigenvalue weighted by atomic mass is 10.1. The number of piperazine rings is 1. The third-order valence-electron chi connectivity index (χ3n) is 5.94. The first-order valence-corrected chi connectivity index (χ1v) is 10.6. The molecule has 1 unspecified atom stereocenters. The fourth-order valence-corrected chi connectivity index (χ4v) is 4.08. The maximum absolute atomic E-state index is 11.7. The van der Waals surface area contributed by atoms with Gasteiger partial charge in [0.1, 0.15) is 18.2 Å². The van der Waals surface area contributed by atoms with Gasteiger partial charge in [0, 0.05) is 43.6 Å². The Bertz CT molecular complexity index is 962. The number of likely N-dealkylation sites (N-methyl/N-ethyl adjacent to an activating group) is 1. The van der Waals surface area contributed by atoms with Gasteiger partial charge in [-0.1, -0.05) is 6.92 Å². The Labute approximate surface area is 175 Å². The van der Waals surface area contributed by atoms with Crippen molar-refractivity contribution < 1.29 is 9.53 Å². The van der Waals surface area contributed by atoms with Crippen LogP contribution in [0.15, 0.2) is 24.4 Å². The van der Waals surface area contributed by atoms with E-state index in [1.807, 2.05) is 12.1 Å². The Morgan fingerprint density at radius 3 is 2.97 bits per heavy atom. The number of anilines is 4. The maximum Gasteiger partial charge on any atom is 0.254 e. The van der Waals surface area contributed by atoms with E-state index in [1.165, 1.54) is 6.20 Å². The number of fused-ring (bicyclic) bond motifs is 3. The molecular weight excluding hydrogens is 382 g/mol. The summed E-state index contributed by atoms with van der Waals surface area (Å²) in [4.78, 5) is 25.3. The van der Waals surface area contributed by atoms with Gasteiger partial charge in [-0.3, -0.25) is 9.69 Å². The number of amides is 1. The van der Waals surface area contributed by atoms with Crippen LogP contribution >= 0.6 is 0 Å². The van der Waals surface area contributed by atoms with Crippen LogP contribution in [0.2, 0.25) is 0 Å². The second-order valence-electron chi connectivity index (χ2n) is 8.10. The molecule has 158 valence electrons. The molecule has 5 rings (SSSR count). The monoisotopic (exact) mass is 409 g/mol. The fraction of sp³-hybridized carbons (Fsp3) is 0.476. The van der Waals surface area contributed by atoms with Crippen molar-refractivity contribution in [1.82, 2.24) is 14.9 Å². The number of carbonyl (C=O) groups is 1. The first-order valence-electron chi connectivity index (χ1n) is 10.6. The minimum atomic E-state index is -0.537. The molecule has 1 saturated carbocycles. The Morgan fingerprint density at radius 2 is 2.20 bits per heavy atom. The topological polar surface area (TPSA) is 109 Å². The number of hydrogen-bond donors (Lipinski definition) is 3. The Morgan fingerprint density at radius 1 is 1.33 bits per heavy atom. The van der Waals surface area contributed by atoms with Gasteiger partial charge in [0.25, 0.3) is 5.91 Å². The predicted octanol–water partition coefficient (Wildman–Crippen LogP) is 1.80. The van der Waals surface area contributed by atoms with Crippen molar-refractivity contribution in [2.75, 3.05) is 48.3 Å². The molecule has 3 heterocycles. The number of nitrogens with one attached hydrogen (secondary N) is 2. The van der Waals surface area contributed by atoms with Crippen LogP contribution in [0.3, 0.4) is 0 Å². The first kappa shape index (κ1) is 18.9. The van der Waals surface area contributed by atoms with Crippen LogP contribution in [0.4, 0.5) is 23.1 Å². The van der Waals surface area contributed by atoms with Gasteiger partial charge in [0.2, 0.25) is 5.95 Å². The highest BCUT2D eigenvalue weighted by molar-refractivity contribution is 5.97. The van der Waals surface area contributed by atoms with Gasteiger partial charge in [0.05, 0.1) is 17.3 Å². The summed E-state index contributed by atoms with van der Waals surface area (Å²) < 4.78 is 6.08. The summed E-state index contributed by atoms with van der Waals surface area (Å²) >= 11 is 0. The van der Waals surface area contributed by atoms with E-state index in [-0.39, 0.29) is 0 Å². The highest BCUT2D eigenvalue weighted by atomic mass is 16.5. The fourth-order valence-electron chi connectivity index (χ4n) is 4.08. The van der Waals surface area contributed by atoms with Gasteiger partial charge >= 0.3 is 0 Å². The smallest absolute Gasteiger partial charge is 0.254 e. The second kappa shape index (κ2) is 7.64. The molecule has 2 aliphatic heterocycles. The maximum atomic E-state index is 11.7. The van der Waals surface area contributed by atoms with Gasteiger partial charge in [-0.15, -0.1) is 0 Å². The summed E-state index contributed by atoms with van der Waals surface area (Å²) in [7, 11) is 0. The molecule has 1 amide bonds. The summed E-state index contributed by atoms with van der Waals surface area (Å²) in [5.74, 6) is 1.22. The average Bonchev–Trinajstić information content (AvgIpc) is 3.57. The van der Waals surface area contributed by atoms with Gasteiger partial charge in [-0.05, 0) is 31.5 Å². The first-order chi connectivity index (χ1) is 14.6. The van der Waals surface area contributed by atoms with E-state index in [9.17, 15) is 4.79 Å². The van der Waals surface area contributed by atoms with Crippen molar-refractivity contribution in [3.8, 4) is 5.75 Å². The number of carbonyl (C=O) groups excluding carboxylic acids is 1. The summed E-state index contributed by atoms with van der Waals surface area (Å²) in [5.41, 5.74) is 7.73. The highest BCUT2D eigenvalue weighted by Gasteiger charge is 2.32. The number of nitrogens with two attached hydrogens (primary N) is 1. The second-order valence-corrected chi connectivity index (χ2v) is 8.10. The van der Waals surface area contributed by atoms with Crippen molar-refractivity contribution in [1.29, 1.82) is 0 Å². The van der Waals surface area contributed by atoms with Crippen molar-refractivity contribution in [2.45, 2.75) is 31.8 Å². The minimum Gasteiger partial charge on any atom is -0.489 e. The third kappa shape index (κ3) is 3.72. The van der Waals surface area contributed by atoms with Crippen molar-refractivity contribution in [3.63, 3.8) is 0 Å². The molecule has 3 aliphatic rings. The van der Waals surface area contributed by atoms with Crippen molar-refractivity contribution in [2.24, 2.45) is 5.73 Å². The molecule has 2 fully saturated rings. The van der Waals surface area contributed by atoms with Gasteiger partial charge in [-0.2, -0.15) is 4.98 Å². The lowest BCUT2D eigenvalue weighted by Crippen LogP contribution is -2.57. The van der Waals surface area contributed by atoms with Crippen molar-refractivity contribution in [3.05, 3.63) is 30.0 Å². The van der Waals surface area contributed by atoms with Crippen LogP contribution in [0.1, 0.15) is 30.1 Å². The number of primary amides is 1. The number of aromatic nitrogens is 2. The normalized spacial score (nSPS) is 20.7. The third-order valence-corrected chi connectivity index (χ3v) is 5.94. The summed E-state index contributed by atoms with van der Waals surface area (Å²) in [6, 6.07) is 6.83. The number of rotatable bonds is 6. The quantitative estimate of drug-likeness (QED) is 0.663. The van der Waals surface area contributed by atoms with Gasteiger partial charge < -0.3 is 26.0 Å². The molecule has 30 heavy (non-hydrogen) atoms. The molecule has 1 aromatic heterocycles. The molecule has 0 bridgehead atoms. The van der Waals surface area contributed by atoms with E-state index in [4.69, 9.17) is 10.5 Å². The van der Waals surface area contributed by atoms with E-state index in [2.05, 4.69) is 43.4 Å². The zero-order chi connectivity index (χ0) is 20.7. The van der Waals surface area contributed by atoms with E-state index in [1.54, 1.807) is 0 Å². The molecule has 4 N–H and O–H groups in total. The molecule has 0 spiro atoms. The van der Waals surface area contributed by atoms with E-state index >= 15 is 0 Å². The average molecular weight is 409 g/mol. The zero-order valence-electron chi connectivity index (χ0n) is 17.1. The molecular formula is C21H27N7O2. The van der Waals surface area contributed by atoms with E-state index in [0.717, 1.165) is 56.1 Å². The summed E-state index contributed by atoms with van der Waals surface area (Å²) in [5, 5.41) is 6.48. The van der Waals surface area contributed by atoms with Gasteiger partial charge in [0.15, 0.2) is 0 Å². The highest BCUT2D eigenvalue weighted by Crippen LogP contribution is 2.37. The van der Waals surface area contributed by atoms with Crippen LogP contribution < -0.4 is 26.0 Å². The number of nitrogens with zero attached hydrogens (tertiary/aromatic N) is 4. The molecule has 0 radical (unpaired) electrons. The lowest BCUT2D eigenvalue weighted by molar-refractivity contribution is 0.100. The van der Waals surface area contributed by atoms with Crippen LogP contribution in [-0.2, 0) is 0 Å². The van der Waals surface area contributed by atoms with Crippen LogP contribution in [0, 0.1) is 0 Å². The summed E-state index contributed by atoms with van der Waals surface area (Å²) in [6.45, 7) is 7.08. The Balaban J connectivity index is 1.35. The Kier molecular flexibility index (Phi) is 4.82. The SMILES string of the molecule is CCN1CCN2c3ccc(Nc4ncc(C(N)=O)c(NC5CC5)n4)cc3OCC2C1. The lowest BCUT2D eigenvalue weighted by Gasteiger charge is -2.45. The standard InChI is InChI=1S/C21H27N7O2/c1-2-27-7-8-28-15(11-27)12-30-18-9-14(5-6-17(18)28)25-21-23-10-16(19(22)29)20(26-21)24-13-3-4-13/h5-6,9-10,13,15H,2-4,7-8,11-12H2,1H3,(H2,22,29)(H2,23,24,25,26). The van der Waals surface area contributed by atoms with Crippen molar-refractivity contribution >= 4 is 29.0 Å². The zero-order valence-corrected chi connectivity index (χ0v) is 17.1.